The second-order valence-electron chi connectivity index (χ2n) is 3.74. The topological polar surface area (TPSA) is 43.4 Å². The van der Waals surface area contributed by atoms with E-state index in [1.54, 1.807) is 6.07 Å². The average Bonchev–Trinajstić information content (AvgIpc) is 2.29. The van der Waals surface area contributed by atoms with Crippen LogP contribution in [0.4, 0.5) is 4.39 Å². The summed E-state index contributed by atoms with van der Waals surface area (Å²) in [6, 6.07) is 8.14. The predicted molar refractivity (Wildman–Crippen MR) is 81.4 cm³/mol. The Labute approximate surface area is 136 Å². The molecule has 0 aliphatic heterocycles. The fourth-order valence-corrected chi connectivity index (χ4v) is 3.26. The zero-order chi connectivity index (χ0) is 14.9. The molecule has 0 radical (unpaired) electrons. The Hall–Kier alpha value is -0.630. The van der Waals surface area contributed by atoms with Gasteiger partial charge in [-0.15, -0.1) is 0 Å². The van der Waals surface area contributed by atoms with Crippen molar-refractivity contribution in [3.05, 3.63) is 51.2 Å². The van der Waals surface area contributed by atoms with Crippen molar-refractivity contribution in [1.82, 2.24) is 0 Å². The first-order chi connectivity index (χ1) is 9.25. The zero-order valence-corrected chi connectivity index (χ0v) is 14.4. The SMILES string of the molecule is O=S(=O)(Cl)c1ccc(Oc2cc(F)cc(Br)c2)c(Br)c1. The molecule has 2 aromatic carbocycles. The van der Waals surface area contributed by atoms with Gasteiger partial charge in [0.2, 0.25) is 0 Å². The molecule has 0 heterocycles. The molecule has 0 amide bonds. The zero-order valence-electron chi connectivity index (χ0n) is 9.61. The molecule has 2 rings (SSSR count). The van der Waals surface area contributed by atoms with Gasteiger partial charge in [0, 0.05) is 21.2 Å². The third kappa shape index (κ3) is 3.94. The van der Waals surface area contributed by atoms with Crippen molar-refractivity contribution in [3.63, 3.8) is 0 Å². The first-order valence-electron chi connectivity index (χ1n) is 5.14. The number of ether oxygens (including phenoxy) is 1. The van der Waals surface area contributed by atoms with Crippen molar-refractivity contribution < 1.29 is 17.5 Å². The summed E-state index contributed by atoms with van der Waals surface area (Å²) >= 11 is 6.33. The van der Waals surface area contributed by atoms with E-state index in [1.165, 1.54) is 30.3 Å². The number of hydrogen-bond donors (Lipinski definition) is 0. The number of rotatable bonds is 3. The Morgan fingerprint density at radius 3 is 2.35 bits per heavy atom. The molecule has 2 aromatic rings. The van der Waals surface area contributed by atoms with Gasteiger partial charge in [0.15, 0.2) is 0 Å². The van der Waals surface area contributed by atoms with E-state index in [2.05, 4.69) is 31.9 Å². The lowest BCUT2D eigenvalue weighted by Crippen LogP contribution is -1.92. The molecule has 0 N–H and O–H groups in total. The predicted octanol–water partition coefficient (Wildman–Crippen LogP) is 5.07. The van der Waals surface area contributed by atoms with E-state index in [-0.39, 0.29) is 10.6 Å². The summed E-state index contributed by atoms with van der Waals surface area (Å²) in [6.07, 6.45) is 0. The van der Waals surface area contributed by atoms with E-state index in [1.807, 2.05) is 0 Å². The van der Waals surface area contributed by atoms with Gasteiger partial charge < -0.3 is 4.74 Å². The minimum atomic E-state index is -3.81. The van der Waals surface area contributed by atoms with Crippen molar-refractivity contribution in [2.45, 2.75) is 4.90 Å². The van der Waals surface area contributed by atoms with E-state index in [0.717, 1.165) is 0 Å². The maximum Gasteiger partial charge on any atom is 0.261 e. The highest BCUT2D eigenvalue weighted by Gasteiger charge is 2.13. The maximum absolute atomic E-state index is 13.2. The number of halogens is 4. The Morgan fingerprint density at radius 1 is 1.10 bits per heavy atom. The Bertz CT molecular complexity index is 745. The second kappa shape index (κ2) is 6.01. The molecule has 0 aliphatic carbocycles. The fourth-order valence-electron chi connectivity index (χ4n) is 1.43. The van der Waals surface area contributed by atoms with Crippen LogP contribution in [0.3, 0.4) is 0 Å². The van der Waals surface area contributed by atoms with Crippen LogP contribution in [0.2, 0.25) is 0 Å². The summed E-state index contributed by atoms with van der Waals surface area (Å²) < 4.78 is 42.0. The van der Waals surface area contributed by atoms with Crippen LogP contribution in [0.25, 0.3) is 0 Å². The number of hydrogen-bond acceptors (Lipinski definition) is 3. The van der Waals surface area contributed by atoms with Crippen LogP contribution >= 0.6 is 42.5 Å². The lowest BCUT2D eigenvalue weighted by Gasteiger charge is -2.09. The van der Waals surface area contributed by atoms with Gasteiger partial charge in [0.25, 0.3) is 9.05 Å². The standard InChI is InChI=1S/C12H6Br2ClFO3S/c13-7-3-8(16)5-9(4-7)19-12-2-1-10(6-11(12)14)20(15,17)18/h1-6H. The molecule has 0 saturated carbocycles. The van der Waals surface area contributed by atoms with Gasteiger partial charge in [-0.25, -0.2) is 12.8 Å². The normalized spacial score (nSPS) is 11.4. The minimum absolute atomic E-state index is 0.0567. The molecule has 8 heteroatoms. The van der Waals surface area contributed by atoms with E-state index >= 15 is 0 Å². The molecular weight excluding hydrogens is 438 g/mol. The summed E-state index contributed by atoms with van der Waals surface area (Å²) in [7, 11) is 1.43. The van der Waals surface area contributed by atoms with Gasteiger partial charge in [0.05, 0.1) is 9.37 Å². The van der Waals surface area contributed by atoms with Crippen molar-refractivity contribution in [2.24, 2.45) is 0 Å². The Balaban J connectivity index is 2.35. The molecule has 106 valence electrons. The van der Waals surface area contributed by atoms with Crippen LogP contribution in [0, 0.1) is 5.82 Å². The van der Waals surface area contributed by atoms with Crippen LogP contribution in [0.15, 0.2) is 50.2 Å². The van der Waals surface area contributed by atoms with E-state index < -0.39 is 14.9 Å². The highest BCUT2D eigenvalue weighted by atomic mass is 79.9. The molecule has 0 saturated heterocycles. The Kier molecular flexibility index (Phi) is 4.73. The first-order valence-corrected chi connectivity index (χ1v) is 9.03. The van der Waals surface area contributed by atoms with Gasteiger partial charge in [-0.1, -0.05) is 15.9 Å². The monoisotopic (exact) mass is 442 g/mol. The molecule has 0 aliphatic rings. The molecule has 0 atom stereocenters. The van der Waals surface area contributed by atoms with Crippen molar-refractivity contribution in [2.75, 3.05) is 0 Å². The molecule has 0 fully saturated rings. The summed E-state index contributed by atoms with van der Waals surface area (Å²) in [6.45, 7) is 0. The molecule has 0 aromatic heterocycles. The lowest BCUT2D eigenvalue weighted by molar-refractivity contribution is 0.473. The summed E-state index contributed by atoms with van der Waals surface area (Å²) in [5.41, 5.74) is 0. The highest BCUT2D eigenvalue weighted by molar-refractivity contribution is 9.10. The summed E-state index contributed by atoms with van der Waals surface area (Å²) in [4.78, 5) is -0.0567. The quantitative estimate of drug-likeness (QED) is 0.621. The van der Waals surface area contributed by atoms with Gasteiger partial charge >= 0.3 is 0 Å². The molecular formula is C12H6Br2ClFO3S. The largest absolute Gasteiger partial charge is 0.456 e. The summed E-state index contributed by atoms with van der Waals surface area (Å²) in [5, 5.41) is 0. The summed E-state index contributed by atoms with van der Waals surface area (Å²) in [5.74, 6) is 0.163. The molecule has 0 unspecified atom stereocenters. The third-order valence-corrected chi connectivity index (χ3v) is 4.68. The van der Waals surface area contributed by atoms with Gasteiger partial charge in [-0.2, -0.15) is 0 Å². The smallest absolute Gasteiger partial charge is 0.261 e. The van der Waals surface area contributed by atoms with E-state index in [0.29, 0.717) is 14.7 Å². The number of benzene rings is 2. The van der Waals surface area contributed by atoms with Crippen LogP contribution in [0.5, 0.6) is 11.5 Å². The second-order valence-corrected chi connectivity index (χ2v) is 8.07. The fraction of sp³-hybridized carbons (Fsp3) is 0. The van der Waals surface area contributed by atoms with Gasteiger partial charge in [-0.05, 0) is 46.3 Å². The van der Waals surface area contributed by atoms with Gasteiger partial charge in [-0.3, -0.25) is 0 Å². The van der Waals surface area contributed by atoms with Crippen molar-refractivity contribution >= 4 is 51.6 Å². The van der Waals surface area contributed by atoms with E-state index in [4.69, 9.17) is 15.4 Å². The first kappa shape index (κ1) is 15.8. The maximum atomic E-state index is 13.2. The van der Waals surface area contributed by atoms with Gasteiger partial charge in [0.1, 0.15) is 17.3 Å². The van der Waals surface area contributed by atoms with Crippen LogP contribution in [-0.4, -0.2) is 8.42 Å². The highest BCUT2D eigenvalue weighted by Crippen LogP contribution is 2.33. The lowest BCUT2D eigenvalue weighted by atomic mass is 10.3. The molecule has 0 spiro atoms. The third-order valence-electron chi connectivity index (χ3n) is 2.25. The van der Waals surface area contributed by atoms with Crippen molar-refractivity contribution in [1.29, 1.82) is 0 Å². The van der Waals surface area contributed by atoms with Crippen molar-refractivity contribution in [3.8, 4) is 11.5 Å². The minimum Gasteiger partial charge on any atom is -0.456 e. The van der Waals surface area contributed by atoms with Crippen LogP contribution < -0.4 is 4.74 Å². The van der Waals surface area contributed by atoms with E-state index in [9.17, 15) is 12.8 Å². The molecule has 3 nitrogen and oxygen atoms in total. The van der Waals surface area contributed by atoms with Crippen LogP contribution in [-0.2, 0) is 9.05 Å². The molecule has 20 heavy (non-hydrogen) atoms. The Morgan fingerprint density at radius 2 is 1.80 bits per heavy atom. The average molecular weight is 445 g/mol. The van der Waals surface area contributed by atoms with Crippen LogP contribution in [0.1, 0.15) is 0 Å². The molecule has 0 bridgehead atoms.